The molecule has 4 saturated carbocycles. The van der Waals surface area contributed by atoms with E-state index >= 15 is 0 Å². The van der Waals surface area contributed by atoms with Crippen molar-refractivity contribution >= 4 is 7.92 Å². The highest BCUT2D eigenvalue weighted by Crippen LogP contribution is 2.62. The number of allylic oxidation sites excluding steroid dienone is 1. The van der Waals surface area contributed by atoms with Crippen molar-refractivity contribution in [2.75, 3.05) is 13.0 Å². The van der Waals surface area contributed by atoms with E-state index in [1.165, 1.54) is 44.2 Å². The van der Waals surface area contributed by atoms with Crippen LogP contribution in [0.2, 0.25) is 0 Å². The Bertz CT molecular complexity index is 441. The maximum absolute atomic E-state index is 3.57. The summed E-state index contributed by atoms with van der Waals surface area (Å²) in [7, 11) is -0.00602. The third-order valence-electron chi connectivity index (χ3n) is 6.74. The Balaban J connectivity index is 1.48. The van der Waals surface area contributed by atoms with E-state index in [2.05, 4.69) is 50.5 Å². The van der Waals surface area contributed by atoms with Crippen LogP contribution in [0.3, 0.4) is 0 Å². The summed E-state index contributed by atoms with van der Waals surface area (Å²) in [4.78, 5) is 2.32. The molecule has 0 aromatic rings. The fraction of sp³-hybridized carbons (Fsp3) is 0.842. The third-order valence-corrected chi connectivity index (χ3v) is 9.76. The summed E-state index contributed by atoms with van der Waals surface area (Å²) in [6.45, 7) is 13.0. The molecule has 4 bridgehead atoms. The predicted octanol–water partition coefficient (Wildman–Crippen LogP) is 4.81. The summed E-state index contributed by atoms with van der Waals surface area (Å²) in [6.07, 6.45) is 12.4. The van der Waals surface area contributed by atoms with E-state index in [1.54, 1.807) is 0 Å². The van der Waals surface area contributed by atoms with Crippen molar-refractivity contribution in [3.05, 3.63) is 18.6 Å². The molecular formula is C19H31N2P. The van der Waals surface area contributed by atoms with Crippen LogP contribution in [0.15, 0.2) is 11.9 Å². The second-order valence-corrected chi connectivity index (χ2v) is 12.5. The Kier molecular flexibility index (Phi) is 3.57. The van der Waals surface area contributed by atoms with Gasteiger partial charge in [0.2, 0.25) is 6.67 Å². The Hall–Kier alpha value is -0.230. The zero-order chi connectivity index (χ0) is 15.5. The maximum Gasteiger partial charge on any atom is 0.205 e. The summed E-state index contributed by atoms with van der Waals surface area (Å²) >= 11 is 0. The molecular weight excluding hydrogens is 287 g/mol. The molecule has 5 aliphatic rings. The van der Waals surface area contributed by atoms with Gasteiger partial charge < -0.3 is 10.2 Å². The van der Waals surface area contributed by atoms with Crippen LogP contribution in [0.4, 0.5) is 0 Å². The first-order valence-electron chi connectivity index (χ1n) is 9.06. The second-order valence-electron chi connectivity index (χ2n) is 9.46. The SMILES string of the molecule is CP(CN1[C]NC(C23CC4CC(CC(C4)C2)C3)=C1)C(C)(C)C. The molecule has 1 heterocycles. The van der Waals surface area contributed by atoms with Gasteiger partial charge in [0, 0.05) is 23.6 Å². The fourth-order valence-electron chi connectivity index (χ4n) is 5.58. The van der Waals surface area contributed by atoms with Crippen molar-refractivity contribution in [2.45, 2.75) is 64.5 Å². The van der Waals surface area contributed by atoms with E-state index in [-0.39, 0.29) is 7.92 Å². The van der Waals surface area contributed by atoms with Gasteiger partial charge in [-0.05, 0) is 68.1 Å². The molecule has 22 heavy (non-hydrogen) atoms. The van der Waals surface area contributed by atoms with E-state index in [0.717, 1.165) is 24.0 Å². The van der Waals surface area contributed by atoms with Crippen LogP contribution in [0, 0.1) is 29.8 Å². The largest absolute Gasteiger partial charge is 0.357 e. The lowest BCUT2D eigenvalue weighted by Crippen LogP contribution is -2.48. The Morgan fingerprint density at radius 2 is 1.73 bits per heavy atom. The Morgan fingerprint density at radius 1 is 1.18 bits per heavy atom. The van der Waals surface area contributed by atoms with Crippen molar-refractivity contribution in [2.24, 2.45) is 23.2 Å². The highest BCUT2D eigenvalue weighted by atomic mass is 31.1. The van der Waals surface area contributed by atoms with Crippen molar-refractivity contribution in [3.8, 4) is 0 Å². The number of hydrogen-bond donors (Lipinski definition) is 1. The lowest BCUT2D eigenvalue weighted by atomic mass is 9.49. The topological polar surface area (TPSA) is 15.3 Å². The van der Waals surface area contributed by atoms with Crippen LogP contribution >= 0.6 is 7.92 Å². The Morgan fingerprint density at radius 3 is 2.23 bits per heavy atom. The molecule has 1 unspecified atom stereocenters. The molecule has 4 aliphatic carbocycles. The zero-order valence-electron chi connectivity index (χ0n) is 14.7. The van der Waals surface area contributed by atoms with Crippen molar-refractivity contribution in [1.29, 1.82) is 0 Å². The first-order chi connectivity index (χ1) is 10.3. The van der Waals surface area contributed by atoms with Gasteiger partial charge in [0.05, 0.1) is 0 Å². The molecule has 5 rings (SSSR count). The predicted molar refractivity (Wildman–Crippen MR) is 94.4 cm³/mol. The van der Waals surface area contributed by atoms with Crippen LogP contribution in [-0.4, -0.2) is 23.0 Å². The molecule has 1 atom stereocenters. The first-order valence-corrected chi connectivity index (χ1v) is 11.0. The molecule has 0 saturated heterocycles. The average Bonchev–Trinajstić information content (AvgIpc) is 2.85. The molecule has 122 valence electrons. The fourth-order valence-corrected chi connectivity index (χ4v) is 6.61. The highest BCUT2D eigenvalue weighted by molar-refractivity contribution is 7.58. The number of nitrogens with zero attached hydrogens (tertiary/aromatic N) is 1. The third kappa shape index (κ3) is 2.60. The lowest BCUT2D eigenvalue weighted by Gasteiger charge is -2.57. The number of rotatable bonds is 3. The summed E-state index contributed by atoms with van der Waals surface area (Å²) in [6, 6.07) is 0. The van der Waals surface area contributed by atoms with E-state index in [9.17, 15) is 0 Å². The maximum atomic E-state index is 3.57. The van der Waals surface area contributed by atoms with E-state index in [1.807, 2.05) is 0 Å². The van der Waals surface area contributed by atoms with Gasteiger partial charge in [0.25, 0.3) is 0 Å². The molecule has 2 nitrogen and oxygen atoms in total. The van der Waals surface area contributed by atoms with Gasteiger partial charge in [-0.1, -0.05) is 28.7 Å². The van der Waals surface area contributed by atoms with Gasteiger partial charge in [-0.15, -0.1) is 0 Å². The molecule has 2 radical (unpaired) electrons. The quantitative estimate of drug-likeness (QED) is 0.751. The standard InChI is InChI=1S/C19H31N2P/c1-18(2,3)22(4)13-21-11-17(20-12-21)19-8-14-5-15(9-19)7-16(6-14)10-19/h11,14-16,20H,5-10,13H2,1-4H3. The summed E-state index contributed by atoms with van der Waals surface area (Å²) in [5, 5.41) is 3.99. The van der Waals surface area contributed by atoms with Crippen LogP contribution in [0.5, 0.6) is 0 Å². The molecule has 3 heteroatoms. The Labute approximate surface area is 137 Å². The van der Waals surface area contributed by atoms with Gasteiger partial charge in [0.15, 0.2) is 0 Å². The monoisotopic (exact) mass is 318 g/mol. The normalized spacial score (nSPS) is 41.5. The molecule has 1 aliphatic heterocycles. The molecule has 0 aromatic heterocycles. The number of hydrogen-bond acceptors (Lipinski definition) is 2. The van der Waals surface area contributed by atoms with Gasteiger partial charge in [0.1, 0.15) is 0 Å². The van der Waals surface area contributed by atoms with Gasteiger partial charge in [-0.2, -0.15) is 0 Å². The van der Waals surface area contributed by atoms with Crippen molar-refractivity contribution < 1.29 is 0 Å². The summed E-state index contributed by atoms with van der Waals surface area (Å²) in [5.41, 5.74) is 1.98. The minimum absolute atomic E-state index is 0.00602. The lowest BCUT2D eigenvalue weighted by molar-refractivity contribution is -0.0328. The van der Waals surface area contributed by atoms with Crippen molar-refractivity contribution in [3.63, 3.8) is 0 Å². The second kappa shape index (κ2) is 5.13. The molecule has 1 N–H and O–H groups in total. The van der Waals surface area contributed by atoms with Gasteiger partial charge in [-0.25, -0.2) is 0 Å². The molecule has 0 spiro atoms. The van der Waals surface area contributed by atoms with Crippen molar-refractivity contribution in [1.82, 2.24) is 10.2 Å². The number of nitrogens with one attached hydrogen (secondary N) is 1. The van der Waals surface area contributed by atoms with Crippen LogP contribution in [0.1, 0.15) is 59.3 Å². The zero-order valence-corrected chi connectivity index (χ0v) is 15.5. The molecule has 0 amide bonds. The van der Waals surface area contributed by atoms with E-state index < -0.39 is 0 Å². The van der Waals surface area contributed by atoms with Crippen LogP contribution in [-0.2, 0) is 0 Å². The summed E-state index contributed by atoms with van der Waals surface area (Å²) in [5.74, 6) is 3.04. The minimum Gasteiger partial charge on any atom is -0.357 e. The smallest absolute Gasteiger partial charge is 0.205 e. The molecule has 4 fully saturated rings. The summed E-state index contributed by atoms with van der Waals surface area (Å²) < 4.78 is 0. The van der Waals surface area contributed by atoms with Gasteiger partial charge >= 0.3 is 0 Å². The first kappa shape index (κ1) is 15.3. The van der Waals surface area contributed by atoms with Crippen LogP contribution in [0.25, 0.3) is 0 Å². The van der Waals surface area contributed by atoms with Crippen LogP contribution < -0.4 is 5.32 Å². The van der Waals surface area contributed by atoms with E-state index in [0.29, 0.717) is 10.6 Å². The highest BCUT2D eigenvalue weighted by Gasteiger charge is 2.53. The van der Waals surface area contributed by atoms with Gasteiger partial charge in [-0.3, -0.25) is 0 Å². The minimum atomic E-state index is -0.00602. The average molecular weight is 318 g/mol. The van der Waals surface area contributed by atoms with E-state index in [4.69, 9.17) is 0 Å². The molecule has 0 aromatic carbocycles.